The predicted octanol–water partition coefficient (Wildman–Crippen LogP) is 1.36. The molecule has 0 radical (unpaired) electrons. The maximum Gasteiger partial charge on any atom is 0.337 e. The van der Waals surface area contributed by atoms with Gasteiger partial charge in [-0.1, -0.05) is 12.1 Å². The molecule has 7 nitrogen and oxygen atoms in total. The Bertz CT molecular complexity index is 798. The number of aromatic amines is 1. The number of aryl methyl sites for hydroxylation is 1. The number of rotatable bonds is 4. The number of nitrogens with zero attached hydrogens (tertiary/aromatic N) is 1. The number of methoxy groups -OCH3 is 1. The molecule has 0 aliphatic carbocycles. The fourth-order valence-corrected chi connectivity index (χ4v) is 2.95. The highest BCUT2D eigenvalue weighted by Gasteiger charge is 2.22. The normalized spacial score (nSPS) is 16.1. The number of anilines is 2. The van der Waals surface area contributed by atoms with Crippen LogP contribution in [0, 0.1) is 5.92 Å². The van der Waals surface area contributed by atoms with Gasteiger partial charge >= 0.3 is 5.97 Å². The number of carbonyl (C=O) groups is 1. The van der Waals surface area contributed by atoms with E-state index in [0.29, 0.717) is 29.3 Å². The molecule has 0 fully saturated rings. The molecule has 1 aromatic carbocycles. The second kappa shape index (κ2) is 6.74. The molecule has 1 aliphatic rings. The van der Waals surface area contributed by atoms with Gasteiger partial charge in [0.25, 0.3) is 5.56 Å². The van der Waals surface area contributed by atoms with Gasteiger partial charge < -0.3 is 15.8 Å². The van der Waals surface area contributed by atoms with Crippen LogP contribution in [0.4, 0.5) is 11.8 Å². The van der Waals surface area contributed by atoms with Crippen LogP contribution in [0.25, 0.3) is 0 Å². The summed E-state index contributed by atoms with van der Waals surface area (Å²) >= 11 is 0. The minimum Gasteiger partial charge on any atom is -0.465 e. The average molecular weight is 328 g/mol. The Morgan fingerprint density at radius 1 is 1.38 bits per heavy atom. The number of fused-ring (bicyclic) bond motifs is 1. The van der Waals surface area contributed by atoms with Crippen molar-refractivity contribution in [3.63, 3.8) is 0 Å². The number of aromatic nitrogens is 2. The Labute approximate surface area is 139 Å². The van der Waals surface area contributed by atoms with Crippen LogP contribution in [0.15, 0.2) is 29.1 Å². The molecule has 1 aromatic heterocycles. The van der Waals surface area contributed by atoms with Crippen LogP contribution in [0.5, 0.6) is 0 Å². The molecule has 0 amide bonds. The first-order valence-corrected chi connectivity index (χ1v) is 7.86. The van der Waals surface area contributed by atoms with Crippen LogP contribution in [-0.4, -0.2) is 29.6 Å². The fourth-order valence-electron chi connectivity index (χ4n) is 2.95. The molecule has 0 spiro atoms. The summed E-state index contributed by atoms with van der Waals surface area (Å²) in [6.07, 6.45) is 2.50. The van der Waals surface area contributed by atoms with Crippen molar-refractivity contribution in [1.82, 2.24) is 9.97 Å². The molecular formula is C17H20N4O3. The largest absolute Gasteiger partial charge is 0.465 e. The summed E-state index contributed by atoms with van der Waals surface area (Å²) in [4.78, 5) is 30.1. The first kappa shape index (κ1) is 16.0. The predicted molar refractivity (Wildman–Crippen MR) is 91.1 cm³/mol. The van der Waals surface area contributed by atoms with Crippen LogP contribution in [0.1, 0.15) is 27.9 Å². The molecule has 1 unspecified atom stereocenters. The lowest BCUT2D eigenvalue weighted by Crippen LogP contribution is -2.30. The Hall–Kier alpha value is -2.83. The van der Waals surface area contributed by atoms with Crippen molar-refractivity contribution in [1.29, 1.82) is 0 Å². The van der Waals surface area contributed by atoms with Crippen LogP contribution in [0.3, 0.4) is 0 Å². The van der Waals surface area contributed by atoms with Gasteiger partial charge in [0.05, 0.1) is 18.2 Å². The third-order valence-corrected chi connectivity index (χ3v) is 4.30. The summed E-state index contributed by atoms with van der Waals surface area (Å²) in [5.74, 6) is 0.746. The summed E-state index contributed by atoms with van der Waals surface area (Å²) in [6.45, 7) is 0.767. The first-order chi connectivity index (χ1) is 11.6. The van der Waals surface area contributed by atoms with E-state index in [1.54, 1.807) is 12.1 Å². The quantitative estimate of drug-likeness (QED) is 0.731. The number of nitrogen functional groups attached to an aromatic ring is 1. The van der Waals surface area contributed by atoms with Crippen LogP contribution in [-0.2, 0) is 17.6 Å². The van der Waals surface area contributed by atoms with Crippen LogP contribution >= 0.6 is 0 Å². The van der Waals surface area contributed by atoms with E-state index in [1.807, 2.05) is 12.1 Å². The third kappa shape index (κ3) is 3.40. The van der Waals surface area contributed by atoms with E-state index in [2.05, 4.69) is 20.0 Å². The molecule has 2 heterocycles. The van der Waals surface area contributed by atoms with Crippen molar-refractivity contribution < 1.29 is 9.53 Å². The highest BCUT2D eigenvalue weighted by atomic mass is 16.5. The highest BCUT2D eigenvalue weighted by Crippen LogP contribution is 2.23. The van der Waals surface area contributed by atoms with E-state index < -0.39 is 0 Å². The third-order valence-electron chi connectivity index (χ3n) is 4.30. The number of H-pyrrole nitrogens is 1. The van der Waals surface area contributed by atoms with E-state index in [1.165, 1.54) is 7.11 Å². The summed E-state index contributed by atoms with van der Waals surface area (Å²) < 4.78 is 4.69. The van der Waals surface area contributed by atoms with Crippen molar-refractivity contribution in [3.8, 4) is 0 Å². The number of hydrogen-bond acceptors (Lipinski definition) is 6. The molecule has 0 bridgehead atoms. The van der Waals surface area contributed by atoms with Crippen molar-refractivity contribution in [2.24, 2.45) is 5.92 Å². The zero-order valence-corrected chi connectivity index (χ0v) is 13.5. The lowest BCUT2D eigenvalue weighted by atomic mass is 9.91. The lowest BCUT2D eigenvalue weighted by molar-refractivity contribution is 0.0600. The molecule has 24 heavy (non-hydrogen) atoms. The maximum atomic E-state index is 12.0. The number of nitrogens with two attached hydrogens (primary N) is 1. The molecule has 1 atom stereocenters. The molecule has 126 valence electrons. The first-order valence-electron chi connectivity index (χ1n) is 7.86. The zero-order valence-electron chi connectivity index (χ0n) is 13.5. The van der Waals surface area contributed by atoms with Gasteiger partial charge in [-0.15, -0.1) is 0 Å². The zero-order chi connectivity index (χ0) is 17.1. The number of hydrogen-bond donors (Lipinski definition) is 3. The second-order valence-corrected chi connectivity index (χ2v) is 5.96. The SMILES string of the molecule is COC(=O)c1ccc(CCC2CNc3nc(N)[nH]c(=O)c3C2)cc1. The van der Waals surface area contributed by atoms with Gasteiger partial charge in [-0.2, -0.15) is 4.98 Å². The number of carbonyl (C=O) groups excluding carboxylic acids is 1. The standard InChI is InChI=1S/C17H20N4O3/c1-24-16(23)12-6-4-10(5-7-12)2-3-11-8-13-14(19-9-11)20-17(18)21-15(13)22/h4-7,11H,2-3,8-9H2,1H3,(H4,18,19,20,21,22). The second-order valence-electron chi connectivity index (χ2n) is 5.96. The number of esters is 1. The van der Waals surface area contributed by atoms with Crippen LogP contribution < -0.4 is 16.6 Å². The molecule has 4 N–H and O–H groups in total. The van der Waals surface area contributed by atoms with Crippen molar-refractivity contribution in [3.05, 3.63) is 51.3 Å². The molecule has 0 saturated heterocycles. The topological polar surface area (TPSA) is 110 Å². The van der Waals surface area contributed by atoms with Crippen molar-refractivity contribution in [2.45, 2.75) is 19.3 Å². The molecule has 3 rings (SSSR count). The number of ether oxygens (including phenoxy) is 1. The molecule has 1 aliphatic heterocycles. The molecular weight excluding hydrogens is 308 g/mol. The van der Waals surface area contributed by atoms with E-state index in [0.717, 1.165) is 24.9 Å². The van der Waals surface area contributed by atoms with E-state index in [-0.39, 0.29) is 17.5 Å². The van der Waals surface area contributed by atoms with Gasteiger partial charge in [-0.3, -0.25) is 9.78 Å². The summed E-state index contributed by atoms with van der Waals surface area (Å²) in [6, 6.07) is 7.41. The van der Waals surface area contributed by atoms with E-state index >= 15 is 0 Å². The Kier molecular flexibility index (Phi) is 4.50. The fraction of sp³-hybridized carbons (Fsp3) is 0.353. The molecule has 7 heteroatoms. The van der Waals surface area contributed by atoms with Crippen LogP contribution in [0.2, 0.25) is 0 Å². The smallest absolute Gasteiger partial charge is 0.337 e. The van der Waals surface area contributed by atoms with Crippen molar-refractivity contribution >= 4 is 17.7 Å². The number of nitrogens with one attached hydrogen (secondary N) is 2. The van der Waals surface area contributed by atoms with Gasteiger partial charge in [-0.25, -0.2) is 4.79 Å². The van der Waals surface area contributed by atoms with Gasteiger partial charge in [-0.05, 0) is 42.9 Å². The molecule has 0 saturated carbocycles. The highest BCUT2D eigenvalue weighted by molar-refractivity contribution is 5.89. The minimum atomic E-state index is -0.333. The summed E-state index contributed by atoms with van der Waals surface area (Å²) in [7, 11) is 1.37. The van der Waals surface area contributed by atoms with Crippen molar-refractivity contribution in [2.75, 3.05) is 24.7 Å². The summed E-state index contributed by atoms with van der Waals surface area (Å²) in [5, 5.41) is 3.19. The van der Waals surface area contributed by atoms with Gasteiger partial charge in [0.1, 0.15) is 5.82 Å². The molecule has 2 aromatic rings. The minimum absolute atomic E-state index is 0.135. The summed E-state index contributed by atoms with van der Waals surface area (Å²) in [5.41, 5.74) is 7.75. The van der Waals surface area contributed by atoms with Gasteiger partial charge in [0.15, 0.2) is 0 Å². The Morgan fingerprint density at radius 2 is 2.12 bits per heavy atom. The lowest BCUT2D eigenvalue weighted by Gasteiger charge is -2.24. The average Bonchev–Trinajstić information content (AvgIpc) is 2.60. The maximum absolute atomic E-state index is 12.0. The Balaban J connectivity index is 1.62. The van der Waals surface area contributed by atoms with E-state index in [4.69, 9.17) is 5.73 Å². The van der Waals surface area contributed by atoms with E-state index in [9.17, 15) is 9.59 Å². The van der Waals surface area contributed by atoms with Gasteiger partial charge in [0, 0.05) is 6.54 Å². The monoisotopic (exact) mass is 328 g/mol. The number of benzene rings is 1. The Morgan fingerprint density at radius 3 is 2.83 bits per heavy atom. The van der Waals surface area contributed by atoms with Gasteiger partial charge in [0.2, 0.25) is 5.95 Å².